The number of allylic oxidation sites excluding steroid dienone is 4. The fraction of sp³-hybridized carbons (Fsp3) is 0.0800. The molecule has 0 bridgehead atoms. The molecule has 252 valence electrons. The summed E-state index contributed by atoms with van der Waals surface area (Å²) in [5, 5.41) is 2.41. The van der Waals surface area contributed by atoms with Crippen LogP contribution in [-0.4, -0.2) is 12.1 Å². The Labute approximate surface area is 310 Å². The van der Waals surface area contributed by atoms with E-state index in [1.54, 1.807) is 0 Å². The van der Waals surface area contributed by atoms with E-state index in [0.29, 0.717) is 12.4 Å². The van der Waals surface area contributed by atoms with Crippen molar-refractivity contribution in [2.24, 2.45) is 15.9 Å². The summed E-state index contributed by atoms with van der Waals surface area (Å²) in [5.41, 5.74) is 10.2. The smallest absolute Gasteiger partial charge is 0.154 e. The van der Waals surface area contributed by atoms with Crippen LogP contribution in [0.2, 0.25) is 0 Å². The Kier molecular flexibility index (Phi) is 7.58. The monoisotopic (exact) mass is 680 g/mol. The predicted octanol–water partition coefficient (Wildman–Crippen LogP) is 11.9. The van der Waals surface area contributed by atoms with Gasteiger partial charge in [-0.2, -0.15) is 0 Å². The summed E-state index contributed by atoms with van der Waals surface area (Å²) in [6, 6.07) is 58.1. The lowest BCUT2D eigenvalue weighted by atomic mass is 9.61. The van der Waals surface area contributed by atoms with Gasteiger partial charge in [0, 0.05) is 40.3 Å². The molecule has 1 heterocycles. The van der Waals surface area contributed by atoms with E-state index < -0.39 is 5.41 Å². The summed E-state index contributed by atoms with van der Waals surface area (Å²) < 4.78 is 6.86. The van der Waals surface area contributed by atoms with Crippen LogP contribution in [0.4, 0.5) is 0 Å². The van der Waals surface area contributed by atoms with E-state index in [2.05, 4.69) is 170 Å². The van der Waals surface area contributed by atoms with Gasteiger partial charge in [-0.05, 0) is 62.9 Å². The van der Waals surface area contributed by atoms with E-state index in [0.717, 1.165) is 28.2 Å². The molecule has 2 aliphatic carbocycles. The van der Waals surface area contributed by atoms with Crippen molar-refractivity contribution in [2.75, 3.05) is 0 Å². The molecule has 0 aromatic heterocycles. The van der Waals surface area contributed by atoms with Crippen molar-refractivity contribution in [2.45, 2.75) is 17.9 Å². The maximum atomic E-state index is 6.86. The minimum Gasteiger partial charge on any atom is -0.456 e. The lowest BCUT2D eigenvalue weighted by molar-refractivity contribution is 0.374. The van der Waals surface area contributed by atoms with E-state index in [-0.39, 0.29) is 11.8 Å². The van der Waals surface area contributed by atoms with Gasteiger partial charge in [-0.15, -0.1) is 0 Å². The third-order valence-corrected chi connectivity index (χ3v) is 11.2. The number of fused-ring (bicyclic) bond motifs is 10. The molecule has 3 aliphatic rings. The molecule has 3 atom stereocenters. The van der Waals surface area contributed by atoms with Crippen molar-refractivity contribution in [3.63, 3.8) is 0 Å². The number of aliphatic imine (C=N–C) groups is 2. The molecule has 3 unspecified atom stereocenters. The largest absolute Gasteiger partial charge is 0.456 e. The van der Waals surface area contributed by atoms with E-state index in [1.165, 1.54) is 44.2 Å². The molecule has 0 fully saturated rings. The highest BCUT2D eigenvalue weighted by atomic mass is 16.5. The average Bonchev–Trinajstić information content (AvgIpc) is 3.52. The molecular weight excluding hydrogens is 645 g/mol. The van der Waals surface area contributed by atoms with E-state index in [9.17, 15) is 0 Å². The first-order chi connectivity index (χ1) is 26.3. The predicted molar refractivity (Wildman–Crippen MR) is 217 cm³/mol. The molecule has 0 saturated carbocycles. The highest BCUT2D eigenvalue weighted by molar-refractivity contribution is 6.06. The van der Waals surface area contributed by atoms with Gasteiger partial charge >= 0.3 is 0 Å². The topological polar surface area (TPSA) is 34.0 Å². The number of nitrogens with zero attached hydrogens (tertiary/aromatic N) is 2. The van der Waals surface area contributed by atoms with Gasteiger partial charge in [0.2, 0.25) is 0 Å². The summed E-state index contributed by atoms with van der Waals surface area (Å²) in [5.74, 6) is 2.92. The van der Waals surface area contributed by atoms with Crippen LogP contribution in [-0.2, 0) is 12.0 Å². The lowest BCUT2D eigenvalue weighted by Crippen LogP contribution is -2.37. The molecule has 0 N–H and O–H groups in total. The molecule has 3 nitrogen and oxygen atoms in total. The molecule has 7 aromatic carbocycles. The quantitative estimate of drug-likeness (QED) is 0.132. The van der Waals surface area contributed by atoms with Crippen LogP contribution in [0.25, 0.3) is 21.9 Å². The van der Waals surface area contributed by atoms with Crippen molar-refractivity contribution in [3.8, 4) is 22.6 Å². The first-order valence-corrected chi connectivity index (χ1v) is 18.3. The van der Waals surface area contributed by atoms with E-state index >= 15 is 0 Å². The molecule has 0 saturated heterocycles. The molecule has 10 rings (SSSR count). The first-order valence-electron chi connectivity index (χ1n) is 18.3. The van der Waals surface area contributed by atoms with E-state index in [1.807, 2.05) is 24.4 Å². The van der Waals surface area contributed by atoms with Gasteiger partial charge in [0.15, 0.2) is 5.84 Å². The normalized spacial score (nSPS) is 19.5. The molecule has 0 amide bonds. The Balaban J connectivity index is 1.04. The molecule has 53 heavy (non-hydrogen) atoms. The maximum Gasteiger partial charge on any atom is 0.154 e. The summed E-state index contributed by atoms with van der Waals surface area (Å²) in [6.07, 6.45) is 11.1. The van der Waals surface area contributed by atoms with Crippen LogP contribution in [0, 0.1) is 5.92 Å². The van der Waals surface area contributed by atoms with Crippen LogP contribution in [0.1, 0.15) is 44.9 Å². The second kappa shape index (κ2) is 12.9. The van der Waals surface area contributed by atoms with Crippen LogP contribution in [0.3, 0.4) is 0 Å². The minimum absolute atomic E-state index is 0.217. The molecule has 7 aromatic rings. The third kappa shape index (κ3) is 5.19. The Bertz CT molecular complexity index is 2630. The standard InChI is InChI=1S/C50H36N2O/c1-3-14-35(15-4-1)38-29-28-37-30-34(26-27-39(37)31-38)32-51-49(36-16-5-2-6-17-36)52-33-40-18-13-24-46-48(40)53-47-25-12-11-23-45(47)50(46)43-21-9-7-19-41(43)42-20-8-10-22-44(42)50/h1-31,33,41,43H,32H2. The summed E-state index contributed by atoms with van der Waals surface area (Å²) in [6.45, 7) is 0.511. The Morgan fingerprint density at radius 2 is 1.32 bits per heavy atom. The molecule has 0 radical (unpaired) electrons. The number of hydrogen-bond donors (Lipinski definition) is 0. The number of amidine groups is 1. The Hall–Kier alpha value is -6.58. The molecule has 1 aliphatic heterocycles. The SMILES string of the molecule is C1=CC2c3ccccc3C3(c4ccccc4Oc4c(C=NC(=NCc5ccc6cc(-c7ccccc7)ccc6c5)c5ccccc5)cccc43)C2C=C1. The number of ether oxygens (including phenoxy) is 1. The number of para-hydroxylation sites is 2. The van der Waals surface area contributed by atoms with E-state index in [4.69, 9.17) is 14.7 Å². The van der Waals surface area contributed by atoms with Gasteiger partial charge in [0.05, 0.1) is 12.0 Å². The minimum atomic E-state index is -0.398. The van der Waals surface area contributed by atoms with Gasteiger partial charge in [-0.1, -0.05) is 164 Å². The summed E-state index contributed by atoms with van der Waals surface area (Å²) >= 11 is 0. The third-order valence-electron chi connectivity index (χ3n) is 11.2. The second-order valence-electron chi connectivity index (χ2n) is 14.1. The van der Waals surface area contributed by atoms with Crippen LogP contribution in [0.15, 0.2) is 198 Å². The van der Waals surface area contributed by atoms with Gasteiger partial charge in [-0.25, -0.2) is 4.99 Å². The zero-order chi connectivity index (χ0) is 35.2. The lowest BCUT2D eigenvalue weighted by Gasteiger charge is -2.43. The number of rotatable bonds is 5. The zero-order valence-corrected chi connectivity index (χ0v) is 29.1. The Morgan fingerprint density at radius 1 is 0.604 bits per heavy atom. The van der Waals surface area contributed by atoms with Crippen molar-refractivity contribution in [1.82, 2.24) is 0 Å². The zero-order valence-electron chi connectivity index (χ0n) is 29.1. The molecule has 1 spiro atoms. The summed E-state index contributed by atoms with van der Waals surface area (Å²) in [7, 11) is 0. The van der Waals surface area contributed by atoms with Crippen molar-refractivity contribution in [1.29, 1.82) is 0 Å². The van der Waals surface area contributed by atoms with Crippen LogP contribution in [0.5, 0.6) is 11.5 Å². The highest BCUT2D eigenvalue weighted by Crippen LogP contribution is 2.64. The van der Waals surface area contributed by atoms with Crippen molar-refractivity contribution in [3.05, 3.63) is 227 Å². The van der Waals surface area contributed by atoms with Crippen molar-refractivity contribution >= 4 is 22.8 Å². The van der Waals surface area contributed by atoms with Crippen LogP contribution < -0.4 is 4.74 Å². The molecule has 3 heteroatoms. The highest BCUT2D eigenvalue weighted by Gasteiger charge is 2.56. The fourth-order valence-electron chi connectivity index (χ4n) is 8.81. The van der Waals surface area contributed by atoms with Crippen LogP contribution >= 0.6 is 0 Å². The second-order valence-corrected chi connectivity index (χ2v) is 14.1. The average molecular weight is 681 g/mol. The number of hydrogen-bond acceptors (Lipinski definition) is 2. The Morgan fingerprint density at radius 3 is 2.21 bits per heavy atom. The summed E-state index contributed by atoms with van der Waals surface area (Å²) in [4.78, 5) is 10.2. The van der Waals surface area contributed by atoms with Gasteiger partial charge in [0.1, 0.15) is 11.5 Å². The first kappa shape index (κ1) is 31.2. The van der Waals surface area contributed by atoms with Gasteiger partial charge < -0.3 is 4.74 Å². The van der Waals surface area contributed by atoms with Crippen molar-refractivity contribution < 1.29 is 4.74 Å². The van der Waals surface area contributed by atoms with Gasteiger partial charge in [-0.3, -0.25) is 4.99 Å². The number of benzene rings is 7. The molecular formula is C50H36N2O. The van der Waals surface area contributed by atoms with Gasteiger partial charge in [0.25, 0.3) is 0 Å². The maximum absolute atomic E-state index is 6.86. The fourth-order valence-corrected chi connectivity index (χ4v) is 8.81.